The van der Waals surface area contributed by atoms with Crippen LogP contribution in [0.3, 0.4) is 0 Å². The molecule has 294 valence electrons. The first-order valence-corrected chi connectivity index (χ1v) is 21.1. The van der Waals surface area contributed by atoms with Gasteiger partial charge in [-0.15, -0.1) is 0 Å². The first-order valence-electron chi connectivity index (χ1n) is 21.1. The Bertz CT molecular complexity index is 3090. The molecule has 0 radical (unpaired) electrons. The third kappa shape index (κ3) is 6.92. The van der Waals surface area contributed by atoms with Crippen molar-refractivity contribution in [3.05, 3.63) is 195 Å². The number of benzene rings is 5. The molecule has 0 saturated carbocycles. The predicted octanol–water partition coefficient (Wildman–Crippen LogP) is 14.3. The van der Waals surface area contributed by atoms with E-state index in [1.165, 1.54) is 19.3 Å². The van der Waals surface area contributed by atoms with Crippen molar-refractivity contribution in [2.75, 3.05) is 0 Å². The third-order valence-electron chi connectivity index (χ3n) is 11.5. The summed E-state index contributed by atoms with van der Waals surface area (Å²) in [5.41, 5.74) is 16.9. The maximum absolute atomic E-state index is 4.93. The molecule has 0 amide bonds. The molecule has 0 aliphatic carbocycles. The summed E-state index contributed by atoms with van der Waals surface area (Å²) in [6, 6.07) is 59.6. The van der Waals surface area contributed by atoms with Crippen molar-refractivity contribution in [3.8, 4) is 56.1 Å². The Morgan fingerprint density at radius 3 is 1.23 bits per heavy atom. The Labute approximate surface area is 355 Å². The van der Waals surface area contributed by atoms with Crippen molar-refractivity contribution in [2.45, 2.75) is 33.1 Å². The summed E-state index contributed by atoms with van der Waals surface area (Å²) < 4.78 is 4.66. The quantitative estimate of drug-likeness (QED) is 0.154. The Hall–Kier alpha value is -7.70. The number of fused-ring (bicyclic) bond motifs is 6. The van der Waals surface area contributed by atoms with Gasteiger partial charge in [0, 0.05) is 58.1 Å². The molecule has 0 aliphatic rings. The van der Waals surface area contributed by atoms with Crippen LogP contribution in [0.5, 0.6) is 0 Å². The molecule has 0 spiro atoms. The van der Waals surface area contributed by atoms with Crippen molar-refractivity contribution in [1.82, 2.24) is 29.1 Å². The fourth-order valence-corrected chi connectivity index (χ4v) is 8.65. The van der Waals surface area contributed by atoms with Crippen LogP contribution < -0.4 is 0 Å². The van der Waals surface area contributed by atoms with Gasteiger partial charge in [0.2, 0.25) is 0 Å². The van der Waals surface area contributed by atoms with Gasteiger partial charge < -0.3 is 9.13 Å². The average molecular weight is 789 g/mol. The van der Waals surface area contributed by atoms with Crippen LogP contribution in [-0.4, -0.2) is 29.1 Å². The van der Waals surface area contributed by atoms with E-state index in [0.29, 0.717) is 0 Å². The van der Waals surface area contributed by atoms with Gasteiger partial charge in [0.1, 0.15) is 0 Å². The lowest BCUT2D eigenvalue weighted by atomic mass is 9.96. The zero-order valence-corrected chi connectivity index (χ0v) is 34.3. The molecule has 0 atom stereocenters. The third-order valence-corrected chi connectivity index (χ3v) is 11.5. The van der Waals surface area contributed by atoms with Crippen LogP contribution >= 0.6 is 0 Å². The van der Waals surface area contributed by atoms with E-state index in [1.54, 1.807) is 0 Å². The van der Waals surface area contributed by atoms with Crippen LogP contribution in [0, 0.1) is 0 Å². The minimum absolute atomic E-state index is 0.950. The molecule has 0 bridgehead atoms. The molecule has 11 rings (SSSR count). The lowest BCUT2D eigenvalue weighted by Crippen LogP contribution is -1.98. The molecule has 6 nitrogen and oxygen atoms in total. The van der Waals surface area contributed by atoms with Gasteiger partial charge in [-0.1, -0.05) is 112 Å². The van der Waals surface area contributed by atoms with Gasteiger partial charge in [-0.05, 0) is 113 Å². The normalized spacial score (nSPS) is 11.3. The van der Waals surface area contributed by atoms with E-state index in [-0.39, 0.29) is 0 Å². The number of pyridine rings is 4. The minimum Gasteiger partial charge on any atom is -0.308 e. The van der Waals surface area contributed by atoms with Gasteiger partial charge in [-0.25, -0.2) is 0 Å². The standard InChI is InChI=1S/C50H32N6.C5H12/c1-3-16-39(43-18-5-7-26-51-43)37(14-1)33-22-24-45-41(30-33)49-47(20-10-28-53-49)55(45)35-12-9-13-36(32-35)56-46-25-23-34(31-42(46)50-48(56)21-11-29-54-50)38-15-2-4-17-40(38)44-19-6-8-27-52-44;1-3-5-4-2/h1-32H;3-5H2,1-2H3. The Kier molecular flexibility index (Phi) is 10.2. The maximum Gasteiger partial charge on any atom is 0.0963 e. The van der Waals surface area contributed by atoms with E-state index >= 15 is 0 Å². The largest absolute Gasteiger partial charge is 0.308 e. The number of nitrogens with zero attached hydrogens (tertiary/aromatic N) is 6. The second-order valence-corrected chi connectivity index (χ2v) is 15.3. The molecule has 11 aromatic rings. The zero-order valence-electron chi connectivity index (χ0n) is 34.3. The number of rotatable bonds is 8. The molecule has 6 aromatic heterocycles. The molecule has 6 heterocycles. The van der Waals surface area contributed by atoms with E-state index in [9.17, 15) is 0 Å². The first-order chi connectivity index (χ1) is 30.2. The monoisotopic (exact) mass is 788 g/mol. The van der Waals surface area contributed by atoms with Crippen molar-refractivity contribution in [1.29, 1.82) is 0 Å². The van der Waals surface area contributed by atoms with E-state index < -0.39 is 0 Å². The van der Waals surface area contributed by atoms with Gasteiger partial charge in [0.25, 0.3) is 0 Å². The summed E-state index contributed by atoms with van der Waals surface area (Å²) >= 11 is 0. The molecule has 6 heteroatoms. The highest BCUT2D eigenvalue weighted by molar-refractivity contribution is 6.10. The fourth-order valence-electron chi connectivity index (χ4n) is 8.65. The topological polar surface area (TPSA) is 61.4 Å². The maximum atomic E-state index is 4.93. The number of hydrogen-bond acceptors (Lipinski definition) is 4. The van der Waals surface area contributed by atoms with Crippen LogP contribution in [0.15, 0.2) is 195 Å². The van der Waals surface area contributed by atoms with E-state index in [0.717, 1.165) is 100 Å². The minimum atomic E-state index is 0.950. The van der Waals surface area contributed by atoms with Crippen LogP contribution in [0.2, 0.25) is 0 Å². The van der Waals surface area contributed by atoms with E-state index in [2.05, 4.69) is 166 Å². The zero-order chi connectivity index (χ0) is 41.1. The molecule has 0 unspecified atom stereocenters. The van der Waals surface area contributed by atoms with Crippen molar-refractivity contribution in [3.63, 3.8) is 0 Å². The highest BCUT2D eigenvalue weighted by atomic mass is 15.0. The molecule has 0 fully saturated rings. The van der Waals surface area contributed by atoms with Gasteiger partial charge in [0.15, 0.2) is 0 Å². The Morgan fingerprint density at radius 2 is 0.803 bits per heavy atom. The van der Waals surface area contributed by atoms with Crippen LogP contribution in [0.4, 0.5) is 0 Å². The summed E-state index contributed by atoms with van der Waals surface area (Å²) in [4.78, 5) is 19.2. The van der Waals surface area contributed by atoms with E-state index in [1.807, 2.05) is 61.2 Å². The number of aromatic nitrogens is 6. The van der Waals surface area contributed by atoms with Gasteiger partial charge in [-0.2, -0.15) is 0 Å². The molecule has 0 N–H and O–H groups in total. The van der Waals surface area contributed by atoms with Gasteiger partial charge in [-0.3, -0.25) is 19.9 Å². The highest BCUT2D eigenvalue weighted by Crippen LogP contribution is 2.39. The Balaban J connectivity index is 0.000000845. The lowest BCUT2D eigenvalue weighted by Gasteiger charge is -2.13. The summed E-state index contributed by atoms with van der Waals surface area (Å²) in [5.74, 6) is 0. The Morgan fingerprint density at radius 1 is 0.361 bits per heavy atom. The summed E-state index contributed by atoms with van der Waals surface area (Å²) in [7, 11) is 0. The van der Waals surface area contributed by atoms with E-state index in [4.69, 9.17) is 9.97 Å². The second kappa shape index (κ2) is 16.5. The van der Waals surface area contributed by atoms with Crippen molar-refractivity contribution in [2.24, 2.45) is 0 Å². The highest BCUT2D eigenvalue weighted by Gasteiger charge is 2.19. The van der Waals surface area contributed by atoms with Gasteiger partial charge >= 0.3 is 0 Å². The average Bonchev–Trinajstić information content (AvgIpc) is 3.85. The molecule has 0 saturated heterocycles. The molecule has 61 heavy (non-hydrogen) atoms. The molecular weight excluding hydrogens is 745 g/mol. The van der Waals surface area contributed by atoms with Crippen LogP contribution in [0.1, 0.15) is 33.1 Å². The number of unbranched alkanes of at least 4 members (excludes halogenated alkanes) is 2. The van der Waals surface area contributed by atoms with Crippen molar-refractivity contribution >= 4 is 43.9 Å². The molecule has 5 aromatic carbocycles. The molecular formula is C55H44N6. The summed E-state index contributed by atoms with van der Waals surface area (Å²) in [6.07, 6.45) is 11.5. The van der Waals surface area contributed by atoms with Crippen LogP contribution in [-0.2, 0) is 0 Å². The predicted molar refractivity (Wildman–Crippen MR) is 253 cm³/mol. The summed E-state index contributed by atoms with van der Waals surface area (Å²) in [6.45, 7) is 4.42. The lowest BCUT2D eigenvalue weighted by molar-refractivity contribution is 0.772. The SMILES string of the molecule is CCCCC.c1ccc(-c2ccccc2-c2ccc3c(c2)c2ncccc2n3-c2cccc(-n3c4ccc(-c5ccccc5-c5ccccn5)cc4c4ncccc43)c2)nc1. The molecule has 0 aliphatic heterocycles. The van der Waals surface area contributed by atoms with Crippen molar-refractivity contribution < 1.29 is 0 Å². The van der Waals surface area contributed by atoms with Crippen LogP contribution in [0.25, 0.3) is 100 Å². The smallest absolute Gasteiger partial charge is 0.0963 e. The number of hydrogen-bond donors (Lipinski definition) is 0. The van der Waals surface area contributed by atoms with Gasteiger partial charge in [0.05, 0.1) is 44.5 Å². The summed E-state index contributed by atoms with van der Waals surface area (Å²) in [5, 5.41) is 2.19. The first kappa shape index (κ1) is 37.6. The fraction of sp³-hybridized carbons (Fsp3) is 0.0909. The second-order valence-electron chi connectivity index (χ2n) is 15.3.